The molecule has 0 amide bonds. The van der Waals surface area contributed by atoms with Gasteiger partial charge in [-0.15, -0.1) is 0 Å². The molecule has 1 fully saturated rings. The van der Waals surface area contributed by atoms with E-state index in [-0.39, 0.29) is 11.3 Å². The average molecular weight is 237 g/mol. The molecule has 0 atom stereocenters. The highest BCUT2D eigenvalue weighted by atomic mass is 19.1. The Bertz CT molecular complexity index is 489. The number of hydrogen-bond acceptors (Lipinski definition) is 4. The lowest BCUT2D eigenvalue weighted by Gasteiger charge is -2.23. The molecule has 90 valence electrons. The van der Waals surface area contributed by atoms with Crippen LogP contribution in [0.5, 0.6) is 11.5 Å². The zero-order chi connectivity index (χ0) is 12.5. The van der Waals surface area contributed by atoms with Crippen molar-refractivity contribution in [2.45, 2.75) is 31.2 Å². The Morgan fingerprint density at radius 2 is 1.88 bits per heavy atom. The van der Waals surface area contributed by atoms with Crippen LogP contribution >= 0.6 is 0 Å². The van der Waals surface area contributed by atoms with Crippen LogP contribution in [0.2, 0.25) is 0 Å². The van der Waals surface area contributed by atoms with Crippen molar-refractivity contribution in [2.75, 3.05) is 0 Å². The van der Waals surface area contributed by atoms with E-state index in [4.69, 9.17) is 0 Å². The SMILES string of the molecule is O=C=NC1(c2cc(O)c(F)cc2O)CCCC1. The van der Waals surface area contributed by atoms with Crippen molar-refractivity contribution >= 4 is 6.08 Å². The zero-order valence-corrected chi connectivity index (χ0v) is 9.11. The van der Waals surface area contributed by atoms with Gasteiger partial charge in [-0.05, 0) is 18.9 Å². The van der Waals surface area contributed by atoms with Gasteiger partial charge in [0.1, 0.15) is 11.3 Å². The molecule has 1 aliphatic carbocycles. The summed E-state index contributed by atoms with van der Waals surface area (Å²) >= 11 is 0. The molecule has 5 heteroatoms. The van der Waals surface area contributed by atoms with E-state index in [0.717, 1.165) is 25.0 Å². The zero-order valence-electron chi connectivity index (χ0n) is 9.11. The van der Waals surface area contributed by atoms with Gasteiger partial charge in [0.05, 0.1) is 0 Å². The van der Waals surface area contributed by atoms with Crippen molar-refractivity contribution in [1.82, 2.24) is 0 Å². The summed E-state index contributed by atoms with van der Waals surface area (Å²) in [7, 11) is 0. The molecule has 0 saturated heterocycles. The van der Waals surface area contributed by atoms with Crippen molar-refractivity contribution in [3.63, 3.8) is 0 Å². The molecular formula is C12H12FNO3. The first kappa shape index (κ1) is 11.6. The molecule has 0 bridgehead atoms. The van der Waals surface area contributed by atoms with Crippen LogP contribution in [0, 0.1) is 5.82 Å². The van der Waals surface area contributed by atoms with Crippen molar-refractivity contribution < 1.29 is 19.4 Å². The van der Waals surface area contributed by atoms with E-state index in [0.29, 0.717) is 12.8 Å². The molecule has 0 aliphatic heterocycles. The minimum Gasteiger partial charge on any atom is -0.507 e. The highest BCUT2D eigenvalue weighted by molar-refractivity contribution is 5.47. The molecule has 1 saturated carbocycles. The third-order valence-corrected chi connectivity index (χ3v) is 3.26. The highest BCUT2D eigenvalue weighted by Gasteiger charge is 2.38. The molecule has 1 aromatic carbocycles. The smallest absolute Gasteiger partial charge is 0.235 e. The van der Waals surface area contributed by atoms with Crippen LogP contribution in [0.25, 0.3) is 0 Å². The second-order valence-corrected chi connectivity index (χ2v) is 4.26. The van der Waals surface area contributed by atoms with Crippen LogP contribution < -0.4 is 0 Å². The summed E-state index contributed by atoms with van der Waals surface area (Å²) in [5.41, 5.74) is -0.575. The van der Waals surface area contributed by atoms with E-state index in [1.807, 2.05) is 0 Å². The maximum absolute atomic E-state index is 13.0. The van der Waals surface area contributed by atoms with E-state index < -0.39 is 17.1 Å². The van der Waals surface area contributed by atoms with Gasteiger partial charge in [0.15, 0.2) is 11.6 Å². The normalized spacial score (nSPS) is 17.7. The second-order valence-electron chi connectivity index (χ2n) is 4.26. The summed E-state index contributed by atoms with van der Waals surface area (Å²) in [6.07, 6.45) is 4.39. The quantitative estimate of drug-likeness (QED) is 0.471. The van der Waals surface area contributed by atoms with Crippen LogP contribution in [0.15, 0.2) is 17.1 Å². The molecule has 2 rings (SSSR count). The number of aromatic hydroxyl groups is 2. The molecule has 1 aromatic rings. The number of phenolic OH excluding ortho intramolecular Hbond substituents is 2. The van der Waals surface area contributed by atoms with Gasteiger partial charge in [0.2, 0.25) is 6.08 Å². The molecule has 0 spiro atoms. The van der Waals surface area contributed by atoms with Crippen molar-refractivity contribution in [3.8, 4) is 11.5 Å². The molecule has 0 heterocycles. The Kier molecular flexibility index (Phi) is 2.86. The third-order valence-electron chi connectivity index (χ3n) is 3.26. The van der Waals surface area contributed by atoms with E-state index in [1.54, 1.807) is 0 Å². The number of halogens is 1. The number of aliphatic imine (C=N–C) groups is 1. The van der Waals surface area contributed by atoms with E-state index in [2.05, 4.69) is 4.99 Å². The largest absolute Gasteiger partial charge is 0.507 e. The number of isocyanates is 1. The summed E-state index contributed by atoms with van der Waals surface area (Å²) in [6, 6.07) is 1.97. The van der Waals surface area contributed by atoms with Crippen LogP contribution in [0.1, 0.15) is 31.2 Å². The average Bonchev–Trinajstić information content (AvgIpc) is 2.73. The van der Waals surface area contributed by atoms with E-state index in [9.17, 15) is 19.4 Å². The Hall–Kier alpha value is -1.87. The van der Waals surface area contributed by atoms with Gasteiger partial charge in [-0.25, -0.2) is 9.18 Å². The fourth-order valence-corrected chi connectivity index (χ4v) is 2.41. The number of nitrogens with zero attached hydrogens (tertiary/aromatic N) is 1. The molecule has 1 aliphatic rings. The Balaban J connectivity index is 2.57. The summed E-state index contributed by atoms with van der Waals surface area (Å²) in [6.45, 7) is 0. The van der Waals surface area contributed by atoms with Crippen molar-refractivity contribution in [3.05, 3.63) is 23.5 Å². The van der Waals surface area contributed by atoms with Crippen LogP contribution in [0.4, 0.5) is 4.39 Å². The predicted molar refractivity (Wildman–Crippen MR) is 58.0 cm³/mol. The highest BCUT2D eigenvalue weighted by Crippen LogP contribution is 2.46. The Morgan fingerprint density at radius 3 is 2.47 bits per heavy atom. The summed E-state index contributed by atoms with van der Waals surface area (Å²) in [5, 5.41) is 19.1. The lowest BCUT2D eigenvalue weighted by atomic mass is 9.88. The summed E-state index contributed by atoms with van der Waals surface area (Å²) < 4.78 is 13.0. The van der Waals surface area contributed by atoms with Gasteiger partial charge in [-0.1, -0.05) is 12.8 Å². The molecular weight excluding hydrogens is 225 g/mol. The van der Waals surface area contributed by atoms with E-state index in [1.165, 1.54) is 6.08 Å². The van der Waals surface area contributed by atoms with Crippen molar-refractivity contribution in [2.24, 2.45) is 4.99 Å². The maximum atomic E-state index is 13.0. The first-order valence-corrected chi connectivity index (χ1v) is 5.40. The summed E-state index contributed by atoms with van der Waals surface area (Å²) in [5.74, 6) is -1.74. The van der Waals surface area contributed by atoms with Gasteiger partial charge >= 0.3 is 0 Å². The number of phenols is 2. The van der Waals surface area contributed by atoms with Gasteiger partial charge in [-0.2, -0.15) is 4.99 Å². The maximum Gasteiger partial charge on any atom is 0.235 e. The fraction of sp³-hybridized carbons (Fsp3) is 0.417. The molecule has 2 N–H and O–H groups in total. The lowest BCUT2D eigenvalue weighted by molar-refractivity contribution is 0.388. The standard InChI is InChI=1S/C12H12FNO3/c13-9-6-10(16)8(5-11(9)17)12(14-7-15)3-1-2-4-12/h5-6,16-17H,1-4H2. The molecule has 0 radical (unpaired) electrons. The Labute approximate surface area is 97.4 Å². The minimum atomic E-state index is -0.894. The monoisotopic (exact) mass is 237 g/mol. The first-order chi connectivity index (χ1) is 8.09. The third kappa shape index (κ3) is 1.89. The van der Waals surface area contributed by atoms with Crippen LogP contribution in [0.3, 0.4) is 0 Å². The van der Waals surface area contributed by atoms with Gasteiger partial charge in [0, 0.05) is 11.6 Å². The lowest BCUT2D eigenvalue weighted by Crippen LogP contribution is -2.19. The Morgan fingerprint density at radius 1 is 1.24 bits per heavy atom. The minimum absolute atomic E-state index is 0.289. The summed E-state index contributed by atoms with van der Waals surface area (Å²) in [4.78, 5) is 14.3. The van der Waals surface area contributed by atoms with Crippen molar-refractivity contribution in [1.29, 1.82) is 0 Å². The number of carbonyl (C=O) groups excluding carboxylic acids is 1. The number of rotatable bonds is 2. The number of benzene rings is 1. The second kappa shape index (κ2) is 4.18. The van der Waals surface area contributed by atoms with Gasteiger partial charge < -0.3 is 10.2 Å². The fourth-order valence-electron chi connectivity index (χ4n) is 2.41. The van der Waals surface area contributed by atoms with E-state index >= 15 is 0 Å². The van der Waals surface area contributed by atoms with Crippen LogP contribution in [-0.4, -0.2) is 16.3 Å². The molecule has 4 nitrogen and oxygen atoms in total. The van der Waals surface area contributed by atoms with Gasteiger partial charge in [0.25, 0.3) is 0 Å². The van der Waals surface area contributed by atoms with Gasteiger partial charge in [-0.3, -0.25) is 0 Å². The molecule has 0 aromatic heterocycles. The topological polar surface area (TPSA) is 69.9 Å². The predicted octanol–water partition coefficient (Wildman–Crippen LogP) is 2.34. The molecule has 17 heavy (non-hydrogen) atoms. The molecule has 0 unspecified atom stereocenters. The first-order valence-electron chi connectivity index (χ1n) is 5.40. The number of hydrogen-bond donors (Lipinski definition) is 2. The van der Waals surface area contributed by atoms with Crippen LogP contribution in [-0.2, 0) is 10.3 Å².